The van der Waals surface area contributed by atoms with Crippen molar-refractivity contribution in [1.82, 2.24) is 25.5 Å². The molecular formula is C22H33N5O4. The van der Waals surface area contributed by atoms with Gasteiger partial charge in [-0.2, -0.15) is 0 Å². The van der Waals surface area contributed by atoms with Crippen LogP contribution in [-0.4, -0.2) is 72.4 Å². The number of aromatic nitrogens is 2. The van der Waals surface area contributed by atoms with Gasteiger partial charge in [0.2, 0.25) is 0 Å². The molecule has 1 aromatic heterocycles. The van der Waals surface area contributed by atoms with Crippen LogP contribution in [0.5, 0.6) is 0 Å². The number of rotatable bonds is 9. The molecular weight excluding hydrogens is 398 g/mol. The van der Waals surface area contributed by atoms with Crippen LogP contribution in [0.2, 0.25) is 0 Å². The Balaban J connectivity index is 1.48. The molecule has 0 spiro atoms. The molecule has 0 aromatic carbocycles. The maximum Gasteiger partial charge on any atom is 0.406 e. The molecule has 2 heterocycles. The zero-order valence-corrected chi connectivity index (χ0v) is 18.4. The van der Waals surface area contributed by atoms with E-state index in [2.05, 4.69) is 22.3 Å². The second kappa shape index (κ2) is 9.91. The van der Waals surface area contributed by atoms with E-state index in [4.69, 9.17) is 14.7 Å². The lowest BCUT2D eigenvalue weighted by Crippen LogP contribution is -2.50. The van der Waals surface area contributed by atoms with E-state index in [1.807, 2.05) is 11.0 Å². The fourth-order valence-electron chi connectivity index (χ4n) is 4.01. The van der Waals surface area contributed by atoms with Crippen molar-refractivity contribution in [2.75, 3.05) is 33.4 Å². The van der Waals surface area contributed by atoms with E-state index < -0.39 is 12.2 Å². The largest absolute Gasteiger partial charge is 0.453 e. The Bertz CT molecular complexity index is 790. The number of morpholine rings is 1. The van der Waals surface area contributed by atoms with Gasteiger partial charge >= 0.3 is 6.09 Å². The van der Waals surface area contributed by atoms with E-state index in [-0.39, 0.29) is 18.0 Å². The third-order valence-electron chi connectivity index (χ3n) is 6.07. The van der Waals surface area contributed by atoms with Crippen LogP contribution < -0.4 is 10.6 Å². The molecule has 2 atom stereocenters. The molecule has 3 fully saturated rings. The van der Waals surface area contributed by atoms with Gasteiger partial charge in [-0.1, -0.05) is 0 Å². The van der Waals surface area contributed by atoms with Crippen molar-refractivity contribution in [3.05, 3.63) is 23.3 Å². The van der Waals surface area contributed by atoms with Gasteiger partial charge in [0.25, 0.3) is 5.91 Å². The number of nitrogens with zero attached hydrogens (tertiary/aromatic N) is 3. The fraction of sp³-hybridized carbons (Fsp3) is 0.727. The summed E-state index contributed by atoms with van der Waals surface area (Å²) in [6.45, 7) is 4.50. The van der Waals surface area contributed by atoms with Crippen LogP contribution in [-0.2, 0) is 20.7 Å². The van der Waals surface area contributed by atoms with Gasteiger partial charge < -0.3 is 25.0 Å². The van der Waals surface area contributed by atoms with Crippen molar-refractivity contribution < 1.29 is 19.1 Å². The van der Waals surface area contributed by atoms with Crippen molar-refractivity contribution in [3.8, 4) is 0 Å². The van der Waals surface area contributed by atoms with Crippen LogP contribution in [0.3, 0.4) is 0 Å². The average molecular weight is 432 g/mol. The highest BCUT2D eigenvalue weighted by Crippen LogP contribution is 2.40. The summed E-state index contributed by atoms with van der Waals surface area (Å²) < 4.78 is 10.4. The second-order valence-electron chi connectivity index (χ2n) is 8.65. The molecule has 31 heavy (non-hydrogen) atoms. The molecule has 4 rings (SSSR count). The van der Waals surface area contributed by atoms with Gasteiger partial charge in [0.05, 0.1) is 25.5 Å². The van der Waals surface area contributed by atoms with Crippen molar-refractivity contribution >= 4 is 12.0 Å². The van der Waals surface area contributed by atoms with Gasteiger partial charge in [-0.25, -0.2) is 14.8 Å². The minimum absolute atomic E-state index is 0.0533. The number of aryl methyl sites for hydroxylation is 1. The first-order valence-electron chi connectivity index (χ1n) is 11.4. The molecule has 1 saturated heterocycles. The number of carbonyl (C=O) groups excluding carboxylic acids is 2. The molecule has 0 radical (unpaired) electrons. The van der Waals surface area contributed by atoms with Crippen molar-refractivity contribution in [3.63, 3.8) is 0 Å². The maximum absolute atomic E-state index is 13.3. The molecule has 2 N–H and O–H groups in total. The average Bonchev–Trinajstić information content (AvgIpc) is 3.70. The minimum atomic E-state index is -0.426. The Morgan fingerprint density at radius 1 is 1.32 bits per heavy atom. The normalized spacial score (nSPS) is 21.9. The Labute approximate surface area is 183 Å². The summed E-state index contributed by atoms with van der Waals surface area (Å²) in [6, 6.07) is 2.16. The van der Waals surface area contributed by atoms with E-state index in [1.165, 1.54) is 7.11 Å². The van der Waals surface area contributed by atoms with E-state index in [0.29, 0.717) is 25.6 Å². The van der Waals surface area contributed by atoms with E-state index >= 15 is 0 Å². The molecule has 2 amide bonds. The molecule has 9 nitrogen and oxygen atoms in total. The van der Waals surface area contributed by atoms with Gasteiger partial charge in [0.1, 0.15) is 11.9 Å². The number of hydrogen-bond donors (Lipinski definition) is 2. The summed E-state index contributed by atoms with van der Waals surface area (Å²) in [5, 5.41) is 5.96. The van der Waals surface area contributed by atoms with Crippen LogP contribution in [0, 0.1) is 0 Å². The van der Waals surface area contributed by atoms with Crippen LogP contribution in [0.25, 0.3) is 0 Å². The molecule has 3 aliphatic rings. The predicted molar refractivity (Wildman–Crippen MR) is 114 cm³/mol. The Morgan fingerprint density at radius 2 is 2.13 bits per heavy atom. The number of nitrogens with one attached hydrogen (secondary N) is 2. The number of alkyl carbamates (subject to hydrolysis) is 1. The molecule has 2 aliphatic carbocycles. The SMILES string of the molecule is COC(=O)NCCCc1cc([C@@H](C)N(C(=O)[C@H]2CNCCO2)C2CC2)nc(C2CC2)n1. The lowest BCUT2D eigenvalue weighted by Gasteiger charge is -2.34. The minimum Gasteiger partial charge on any atom is -0.453 e. The maximum atomic E-state index is 13.3. The van der Waals surface area contributed by atoms with Gasteiger partial charge in [-0.3, -0.25) is 4.79 Å². The molecule has 0 bridgehead atoms. The summed E-state index contributed by atoms with van der Waals surface area (Å²) in [5.41, 5.74) is 1.86. The van der Waals surface area contributed by atoms with Crippen LogP contribution in [0.1, 0.15) is 68.2 Å². The number of methoxy groups -OCH3 is 1. The number of hydrogen-bond acceptors (Lipinski definition) is 7. The fourth-order valence-corrected chi connectivity index (χ4v) is 4.01. The smallest absolute Gasteiger partial charge is 0.406 e. The van der Waals surface area contributed by atoms with E-state index in [9.17, 15) is 9.59 Å². The van der Waals surface area contributed by atoms with Gasteiger partial charge in [0, 0.05) is 37.3 Å². The second-order valence-corrected chi connectivity index (χ2v) is 8.65. The zero-order chi connectivity index (χ0) is 21.8. The third-order valence-corrected chi connectivity index (χ3v) is 6.07. The summed E-state index contributed by atoms with van der Waals surface area (Å²) in [7, 11) is 1.36. The highest BCUT2D eigenvalue weighted by atomic mass is 16.5. The Morgan fingerprint density at radius 3 is 2.77 bits per heavy atom. The first-order chi connectivity index (χ1) is 15.1. The molecule has 1 aromatic rings. The van der Waals surface area contributed by atoms with Gasteiger partial charge in [0.15, 0.2) is 0 Å². The quantitative estimate of drug-likeness (QED) is 0.573. The molecule has 2 saturated carbocycles. The highest BCUT2D eigenvalue weighted by molar-refractivity contribution is 5.82. The van der Waals surface area contributed by atoms with Gasteiger partial charge in [-0.05, 0) is 51.5 Å². The van der Waals surface area contributed by atoms with Crippen molar-refractivity contribution in [1.29, 1.82) is 0 Å². The van der Waals surface area contributed by atoms with Crippen molar-refractivity contribution in [2.45, 2.75) is 69.6 Å². The Hall–Kier alpha value is -2.26. The molecule has 170 valence electrons. The first kappa shape index (κ1) is 22.0. The lowest BCUT2D eigenvalue weighted by atomic mass is 10.1. The standard InChI is InChI=1S/C22H33N5O4/c1-14(27(17-7-8-17)21(28)19-13-23-10-11-31-19)18-12-16(4-3-9-24-22(29)30-2)25-20(26-18)15-5-6-15/h12,14-15,17,19,23H,3-11,13H2,1-2H3,(H,24,29)/t14-,19-/m1/s1. The summed E-state index contributed by atoms with van der Waals surface area (Å²) in [4.78, 5) is 36.2. The lowest BCUT2D eigenvalue weighted by molar-refractivity contribution is -0.148. The number of carbonyl (C=O) groups is 2. The predicted octanol–water partition coefficient (Wildman–Crippen LogP) is 1.68. The van der Waals surface area contributed by atoms with E-state index in [0.717, 1.165) is 62.3 Å². The van der Waals surface area contributed by atoms with Crippen molar-refractivity contribution in [2.24, 2.45) is 0 Å². The monoisotopic (exact) mass is 431 g/mol. The van der Waals surface area contributed by atoms with Crippen LogP contribution in [0.15, 0.2) is 6.07 Å². The summed E-state index contributed by atoms with van der Waals surface area (Å²) >= 11 is 0. The van der Waals surface area contributed by atoms with Crippen LogP contribution >= 0.6 is 0 Å². The molecule has 0 unspecified atom stereocenters. The molecule has 9 heteroatoms. The third kappa shape index (κ3) is 5.71. The highest BCUT2D eigenvalue weighted by Gasteiger charge is 2.40. The zero-order valence-electron chi connectivity index (χ0n) is 18.4. The number of ether oxygens (including phenoxy) is 2. The molecule has 1 aliphatic heterocycles. The van der Waals surface area contributed by atoms with Gasteiger partial charge in [-0.15, -0.1) is 0 Å². The summed E-state index contributed by atoms with van der Waals surface area (Å²) in [5.74, 6) is 1.37. The Kier molecular flexibility index (Phi) is 7.02. The summed E-state index contributed by atoms with van der Waals surface area (Å²) in [6.07, 6.45) is 4.95. The number of amides is 2. The van der Waals surface area contributed by atoms with Crippen LogP contribution in [0.4, 0.5) is 4.79 Å². The topological polar surface area (TPSA) is 106 Å². The van der Waals surface area contributed by atoms with E-state index in [1.54, 1.807) is 0 Å². The first-order valence-corrected chi connectivity index (χ1v) is 11.4.